The molecule has 1 heterocycles. The maximum absolute atomic E-state index is 14.1. The lowest BCUT2D eigenvalue weighted by molar-refractivity contribution is -0.155. The number of ketones is 1. The third-order valence-electron chi connectivity index (χ3n) is 11.4. The Morgan fingerprint density at radius 2 is 1.24 bits per heavy atom. The number of carbonyl (C=O) groups is 15. The molecule has 0 bridgehead atoms. The first-order valence-corrected chi connectivity index (χ1v) is 24.4. The summed E-state index contributed by atoms with van der Waals surface area (Å²) in [5.74, 6) is -19.8. The van der Waals surface area contributed by atoms with Crippen molar-refractivity contribution in [1.82, 2.24) is 53.2 Å². The van der Waals surface area contributed by atoms with Crippen molar-refractivity contribution in [1.29, 1.82) is 0 Å². The molecule has 0 spiro atoms. The topological polar surface area (TPSA) is 528 Å². The van der Waals surface area contributed by atoms with Gasteiger partial charge in [0.2, 0.25) is 53.2 Å². The fourth-order valence-corrected chi connectivity index (χ4v) is 7.09. The Bertz CT molecular complexity index is 2510. The van der Waals surface area contributed by atoms with Gasteiger partial charge >= 0.3 is 30.0 Å². The number of rotatable bonds is 17. The van der Waals surface area contributed by atoms with Crippen LogP contribution in [0.1, 0.15) is 69.7 Å². The molecule has 33 heteroatoms. The van der Waals surface area contributed by atoms with Gasteiger partial charge in [0.15, 0.2) is 5.78 Å². The molecule has 10 atom stereocenters. The average molecular weight is 1140 g/mol. The molecule has 33 nitrogen and oxygen atoms in total. The SMILES string of the molecule is C=CCOC(=O)NCCCC1NC(=O)CNC(=O)C(N)C(C)OC(=O)C(CC(=O)c2ccccc2N)NC(=O)C(C(C)CC(=O)O)NC(=O)C(CO)NC(=O)CNC(=O)C(CC(=O)O)NC(=O)C(C)NC(=O)C(CC(=O)O)NC1=O. The zero-order valence-electron chi connectivity index (χ0n) is 43.5. The minimum absolute atomic E-state index is 0.0599. The number of carboxylic acid groups (broad SMARTS) is 3. The Labute approximate surface area is 455 Å². The summed E-state index contributed by atoms with van der Waals surface area (Å²) < 4.78 is 10.2. The highest BCUT2D eigenvalue weighted by Crippen LogP contribution is 2.17. The highest BCUT2D eigenvalue weighted by molar-refractivity contribution is 6.04. The van der Waals surface area contributed by atoms with E-state index in [1.54, 1.807) is 0 Å². The molecule has 2 rings (SSSR count). The third-order valence-corrected chi connectivity index (χ3v) is 11.4. The maximum atomic E-state index is 14.1. The van der Waals surface area contributed by atoms with Gasteiger partial charge in [0.25, 0.3) is 0 Å². The lowest BCUT2D eigenvalue weighted by atomic mass is 9.96. The predicted molar refractivity (Wildman–Crippen MR) is 270 cm³/mol. The number of carboxylic acids is 3. The molecule has 1 aliphatic heterocycles. The minimum atomic E-state index is -2.02. The smallest absolute Gasteiger partial charge is 0.407 e. The third kappa shape index (κ3) is 23.1. The lowest BCUT2D eigenvalue weighted by Crippen LogP contribution is -2.60. The molecule has 1 fully saturated rings. The zero-order valence-corrected chi connectivity index (χ0v) is 43.5. The monoisotopic (exact) mass is 1130 g/mol. The number of hydrogen-bond donors (Lipinski definition) is 16. The molecule has 0 aliphatic carbocycles. The van der Waals surface area contributed by atoms with Crippen LogP contribution in [0, 0.1) is 5.92 Å². The summed E-state index contributed by atoms with van der Waals surface area (Å²) in [6.07, 6.45) is -5.75. The molecule has 1 aliphatic rings. The van der Waals surface area contributed by atoms with Crippen molar-refractivity contribution in [3.05, 3.63) is 42.5 Å². The van der Waals surface area contributed by atoms with Gasteiger partial charge in [-0.3, -0.25) is 62.3 Å². The second-order valence-electron chi connectivity index (χ2n) is 17.9. The summed E-state index contributed by atoms with van der Waals surface area (Å²) in [5.41, 5.74) is 11.9. The number of anilines is 1. The Morgan fingerprint density at radius 1 is 0.700 bits per heavy atom. The number of esters is 1. The van der Waals surface area contributed by atoms with Gasteiger partial charge in [-0.2, -0.15) is 0 Å². The first kappa shape index (κ1) is 66.8. The summed E-state index contributed by atoms with van der Waals surface area (Å²) in [7, 11) is 0. The number of ether oxygens (including phenoxy) is 2. The molecule has 18 N–H and O–H groups in total. The van der Waals surface area contributed by atoms with Gasteiger partial charge in [-0.1, -0.05) is 31.7 Å². The summed E-state index contributed by atoms with van der Waals surface area (Å²) in [6.45, 7) is 3.11. The Kier molecular flexibility index (Phi) is 27.7. The number of nitrogens with two attached hydrogens (primary N) is 2. The molecule has 10 amide bonds. The van der Waals surface area contributed by atoms with Crippen LogP contribution in [0.4, 0.5) is 10.5 Å². The predicted octanol–water partition coefficient (Wildman–Crippen LogP) is -6.50. The van der Waals surface area contributed by atoms with E-state index in [2.05, 4.69) is 43.8 Å². The van der Waals surface area contributed by atoms with Gasteiger partial charge in [-0.25, -0.2) is 9.59 Å². The maximum Gasteiger partial charge on any atom is 0.407 e. The summed E-state index contributed by atoms with van der Waals surface area (Å²) >= 11 is 0. The molecule has 1 aromatic carbocycles. The van der Waals surface area contributed by atoms with E-state index in [0.717, 1.165) is 13.8 Å². The van der Waals surface area contributed by atoms with Gasteiger partial charge in [0.05, 0.1) is 39.0 Å². The van der Waals surface area contributed by atoms with E-state index in [-0.39, 0.29) is 37.2 Å². The first-order chi connectivity index (χ1) is 37.6. The van der Waals surface area contributed by atoms with Crippen LogP contribution in [0.2, 0.25) is 0 Å². The summed E-state index contributed by atoms with van der Waals surface area (Å²) in [4.78, 5) is 196. The molecule has 1 saturated heterocycles. The van der Waals surface area contributed by atoms with E-state index in [1.807, 2.05) is 16.0 Å². The van der Waals surface area contributed by atoms with Crippen LogP contribution < -0.4 is 64.6 Å². The van der Waals surface area contributed by atoms with E-state index in [1.165, 1.54) is 37.3 Å². The van der Waals surface area contributed by atoms with Gasteiger partial charge < -0.3 is 94.5 Å². The van der Waals surface area contributed by atoms with Crippen molar-refractivity contribution >= 4 is 94.6 Å². The Balaban J connectivity index is 2.67. The quantitative estimate of drug-likeness (QED) is 0.0227. The number of hydrogen-bond acceptors (Lipinski definition) is 20. The van der Waals surface area contributed by atoms with E-state index < -0.39 is 195 Å². The lowest BCUT2D eigenvalue weighted by Gasteiger charge is -2.28. The standard InChI is InChI=1S/C47H66N12O21/c1-5-13-79-47(78)50-12-8-11-26-41(72)57-28(17-36(68)69)42(73)53-22(3)39(70)56-27(16-35(66)67)40(71)51-18-33(63)55-30(20-60)43(74)59-38(21(2)14-34(64)65)45(76)58-29(15-31(61)24-9-6-7-10-25(24)48)46(77)80-23(4)37(49)44(75)52-19-32(62)54-26/h5-7,9-10,21-23,26-30,37-38,60H,1,8,11-20,48-49H2,2-4H3,(H,50,78)(H,51,71)(H,52,75)(H,53,73)(H,54,62)(H,55,63)(H,56,70)(H,57,72)(H,58,76)(H,59,74)(H,64,65)(H,66,67)(H,68,69). The number of Topliss-reactive ketones (excluding diaryl/α,β-unsaturated/α-hetero) is 1. The van der Waals surface area contributed by atoms with Crippen molar-refractivity contribution in [3.8, 4) is 0 Å². The molecular formula is C47H66N12O21. The van der Waals surface area contributed by atoms with Crippen LogP contribution in [-0.2, 0) is 71.8 Å². The highest BCUT2D eigenvalue weighted by Gasteiger charge is 2.38. The number of nitrogen functional groups attached to an aromatic ring is 1. The van der Waals surface area contributed by atoms with Gasteiger partial charge in [-0.05, 0) is 44.7 Å². The van der Waals surface area contributed by atoms with Crippen LogP contribution >= 0.6 is 0 Å². The molecule has 0 radical (unpaired) electrons. The number of cyclic esters (lactones) is 1. The number of aliphatic carboxylic acids is 3. The first-order valence-electron chi connectivity index (χ1n) is 24.4. The number of para-hydroxylation sites is 1. The van der Waals surface area contributed by atoms with E-state index in [9.17, 15) is 92.3 Å². The van der Waals surface area contributed by atoms with Crippen molar-refractivity contribution in [2.75, 3.05) is 38.6 Å². The normalized spacial score (nSPS) is 24.2. The molecule has 0 aromatic heterocycles. The molecule has 80 heavy (non-hydrogen) atoms. The van der Waals surface area contributed by atoms with Gasteiger partial charge in [-0.15, -0.1) is 0 Å². The van der Waals surface area contributed by atoms with E-state index in [0.29, 0.717) is 0 Å². The molecule has 1 aromatic rings. The fraction of sp³-hybridized carbons (Fsp3) is 0.511. The second kappa shape index (κ2) is 33.1. The fourth-order valence-electron chi connectivity index (χ4n) is 7.09. The van der Waals surface area contributed by atoms with Crippen LogP contribution in [0.3, 0.4) is 0 Å². The second-order valence-corrected chi connectivity index (χ2v) is 17.9. The number of benzene rings is 1. The zero-order chi connectivity index (χ0) is 60.4. The van der Waals surface area contributed by atoms with E-state index >= 15 is 0 Å². The van der Waals surface area contributed by atoms with Crippen molar-refractivity contribution < 1.29 is 102 Å². The molecular weight excluding hydrogens is 1070 g/mol. The number of alkyl carbamates (subject to hydrolysis) is 1. The molecule has 10 unspecified atom stereocenters. The number of aliphatic hydroxyl groups excluding tert-OH is 1. The van der Waals surface area contributed by atoms with Crippen molar-refractivity contribution in [3.63, 3.8) is 0 Å². The Morgan fingerprint density at radius 3 is 1.81 bits per heavy atom. The number of nitrogens with one attached hydrogen (secondary N) is 10. The van der Waals surface area contributed by atoms with Gasteiger partial charge in [0, 0.05) is 24.2 Å². The number of carbonyl (C=O) groups excluding carboxylic acids is 12. The van der Waals surface area contributed by atoms with Gasteiger partial charge in [0.1, 0.15) is 61.0 Å². The largest absolute Gasteiger partial charge is 0.481 e. The average Bonchev–Trinajstić information content (AvgIpc) is 3.38. The van der Waals surface area contributed by atoms with E-state index in [4.69, 9.17) is 20.9 Å². The summed E-state index contributed by atoms with van der Waals surface area (Å²) in [5, 5.41) is 60.4. The van der Waals surface area contributed by atoms with Crippen molar-refractivity contribution in [2.24, 2.45) is 11.7 Å². The van der Waals surface area contributed by atoms with Crippen LogP contribution in [0.25, 0.3) is 0 Å². The summed E-state index contributed by atoms with van der Waals surface area (Å²) in [6, 6.07) is -9.61. The Hall–Kier alpha value is -9.27. The molecule has 0 saturated carbocycles. The number of aliphatic hydroxyl groups is 1. The molecule has 440 valence electrons. The van der Waals surface area contributed by atoms with Crippen LogP contribution in [0.5, 0.6) is 0 Å². The van der Waals surface area contributed by atoms with Crippen LogP contribution in [0.15, 0.2) is 36.9 Å². The van der Waals surface area contributed by atoms with Crippen LogP contribution in [-0.4, -0.2) is 197 Å². The minimum Gasteiger partial charge on any atom is -0.481 e. The van der Waals surface area contributed by atoms with Crippen molar-refractivity contribution in [2.45, 2.75) is 114 Å². The number of amides is 10. The highest BCUT2D eigenvalue weighted by atomic mass is 16.6.